The maximum atomic E-state index is 13.4. The number of fused-ring (bicyclic) bond motifs is 2. The number of hydrogen-bond donors (Lipinski definition) is 2. The molecule has 0 bridgehead atoms. The van der Waals surface area contributed by atoms with E-state index in [4.69, 9.17) is 15.2 Å². The van der Waals surface area contributed by atoms with Gasteiger partial charge in [-0.1, -0.05) is 6.07 Å². The molecule has 4 rings (SSSR count). The Bertz CT molecular complexity index is 1100. The predicted octanol–water partition coefficient (Wildman–Crippen LogP) is 4.57. The van der Waals surface area contributed by atoms with E-state index in [1.165, 1.54) is 11.0 Å². The molecule has 184 valence electrons. The van der Waals surface area contributed by atoms with E-state index < -0.39 is 41.6 Å². The number of halogens is 3. The highest BCUT2D eigenvalue weighted by atomic mass is 19.4. The number of hydrogen-bond acceptors (Lipinski definition) is 6. The molecule has 2 aliphatic heterocycles. The van der Waals surface area contributed by atoms with Crippen LogP contribution in [0.4, 0.5) is 29.3 Å². The maximum Gasteiger partial charge on any atom is 0.416 e. The van der Waals surface area contributed by atoms with Crippen LogP contribution in [-0.2, 0) is 10.9 Å². The molecule has 7 nitrogen and oxygen atoms in total. The van der Waals surface area contributed by atoms with E-state index in [9.17, 15) is 23.1 Å². The molecule has 34 heavy (non-hydrogen) atoms. The summed E-state index contributed by atoms with van der Waals surface area (Å²) in [5.74, 6) is 0.352. The molecule has 10 heteroatoms. The lowest BCUT2D eigenvalue weighted by Crippen LogP contribution is -2.64. The minimum absolute atomic E-state index is 0.00286. The van der Waals surface area contributed by atoms with Gasteiger partial charge in [-0.25, -0.2) is 4.79 Å². The molecule has 3 N–H and O–H groups in total. The van der Waals surface area contributed by atoms with Gasteiger partial charge in [0.15, 0.2) is 11.5 Å². The Labute approximate surface area is 195 Å². The predicted molar refractivity (Wildman–Crippen MR) is 120 cm³/mol. The Morgan fingerprint density at radius 2 is 1.71 bits per heavy atom. The molecule has 2 heterocycles. The zero-order chi connectivity index (χ0) is 25.0. The molecule has 0 aromatic heterocycles. The molecular formula is C24H28F3N3O4. The molecule has 0 unspecified atom stereocenters. The highest BCUT2D eigenvalue weighted by Gasteiger charge is 2.44. The molecular weight excluding hydrogens is 451 g/mol. The van der Waals surface area contributed by atoms with Crippen LogP contribution in [0, 0.1) is 6.92 Å². The lowest BCUT2D eigenvalue weighted by Gasteiger charge is -2.47. The number of rotatable bonds is 1. The van der Waals surface area contributed by atoms with Crippen LogP contribution in [0.25, 0.3) is 0 Å². The van der Waals surface area contributed by atoms with Crippen molar-refractivity contribution in [3.8, 4) is 11.5 Å². The third-order valence-corrected chi connectivity index (χ3v) is 5.80. The van der Waals surface area contributed by atoms with Crippen molar-refractivity contribution >= 4 is 17.5 Å². The minimum atomic E-state index is -4.55. The number of piperidine rings is 1. The molecule has 0 aliphatic carbocycles. The number of carbonyl (C=O) groups excluding carboxylic acids is 1. The van der Waals surface area contributed by atoms with Crippen molar-refractivity contribution in [2.45, 2.75) is 57.7 Å². The lowest BCUT2D eigenvalue weighted by atomic mass is 9.94. The van der Waals surface area contributed by atoms with Crippen LogP contribution in [0.5, 0.6) is 11.5 Å². The second kappa shape index (κ2) is 8.35. The summed E-state index contributed by atoms with van der Waals surface area (Å²) in [5.41, 5.74) is 6.38. The van der Waals surface area contributed by atoms with Crippen LogP contribution in [-0.4, -0.2) is 53.0 Å². The summed E-state index contributed by atoms with van der Waals surface area (Å²) >= 11 is 0. The van der Waals surface area contributed by atoms with Gasteiger partial charge in [0.05, 0.1) is 35.1 Å². The number of anilines is 2. The largest absolute Gasteiger partial charge is 0.453 e. The van der Waals surface area contributed by atoms with Gasteiger partial charge in [0, 0.05) is 13.1 Å². The Balaban J connectivity index is 1.78. The molecule has 3 atom stereocenters. The fourth-order valence-corrected chi connectivity index (χ4v) is 4.24. The number of aryl methyl sites for hydroxylation is 1. The summed E-state index contributed by atoms with van der Waals surface area (Å²) in [6.07, 6.45) is -6.19. The molecule has 0 spiro atoms. The molecule has 2 aromatic rings. The van der Waals surface area contributed by atoms with Gasteiger partial charge in [-0.2, -0.15) is 13.2 Å². The first-order valence-electron chi connectivity index (χ1n) is 10.9. The monoisotopic (exact) mass is 479 g/mol. The molecule has 1 saturated heterocycles. The zero-order valence-corrected chi connectivity index (χ0v) is 19.4. The summed E-state index contributed by atoms with van der Waals surface area (Å²) in [7, 11) is 0. The zero-order valence-electron chi connectivity index (χ0n) is 19.4. The van der Waals surface area contributed by atoms with E-state index in [0.29, 0.717) is 17.1 Å². The van der Waals surface area contributed by atoms with Gasteiger partial charge in [-0.3, -0.25) is 0 Å². The van der Waals surface area contributed by atoms with Gasteiger partial charge < -0.3 is 30.1 Å². The van der Waals surface area contributed by atoms with Gasteiger partial charge >= 0.3 is 12.3 Å². The fraction of sp³-hybridized carbons (Fsp3) is 0.458. The van der Waals surface area contributed by atoms with Crippen molar-refractivity contribution in [2.75, 3.05) is 18.0 Å². The number of benzene rings is 2. The summed E-state index contributed by atoms with van der Waals surface area (Å²) < 4.78 is 51.5. The van der Waals surface area contributed by atoms with Gasteiger partial charge in [0.1, 0.15) is 5.60 Å². The molecule has 2 aromatic carbocycles. The number of amides is 1. The number of ether oxygens (including phenoxy) is 2. The quantitative estimate of drug-likeness (QED) is 0.623. The van der Waals surface area contributed by atoms with Crippen LogP contribution >= 0.6 is 0 Å². The van der Waals surface area contributed by atoms with Crippen molar-refractivity contribution in [1.82, 2.24) is 4.90 Å². The van der Waals surface area contributed by atoms with Gasteiger partial charge in [0.25, 0.3) is 0 Å². The normalized spacial score (nSPS) is 22.6. The number of nitrogens with zero attached hydrogens (tertiary/aromatic N) is 2. The smallest absolute Gasteiger partial charge is 0.416 e. The van der Waals surface area contributed by atoms with Crippen LogP contribution in [0.15, 0.2) is 36.4 Å². The Morgan fingerprint density at radius 1 is 1.09 bits per heavy atom. The minimum Gasteiger partial charge on any atom is -0.453 e. The second-order valence-corrected chi connectivity index (χ2v) is 9.73. The van der Waals surface area contributed by atoms with E-state index in [1.54, 1.807) is 37.8 Å². The second-order valence-electron chi connectivity index (χ2n) is 9.73. The summed E-state index contributed by atoms with van der Waals surface area (Å²) in [6, 6.07) is 7.00. The van der Waals surface area contributed by atoms with E-state index in [0.717, 1.165) is 17.7 Å². The van der Waals surface area contributed by atoms with E-state index in [-0.39, 0.29) is 18.8 Å². The fourth-order valence-electron chi connectivity index (χ4n) is 4.24. The summed E-state index contributed by atoms with van der Waals surface area (Å²) in [4.78, 5) is 15.9. The molecule has 1 fully saturated rings. The standard InChI is InChI=1S/C24H28F3N3O4/c1-13-5-7-16-19(9-13)33-20-10-14(24(25,26)27)6-8-17(20)30(16)18-12-29(11-15(28)21(18)31)22(32)34-23(2,3)4/h5-10,15,18,21,31H,11-12,28H2,1-4H3/t15-,18+,21+/m1/s1. The van der Waals surface area contributed by atoms with Crippen molar-refractivity contribution in [2.24, 2.45) is 5.73 Å². The van der Waals surface area contributed by atoms with Gasteiger partial charge in [0.2, 0.25) is 0 Å². The van der Waals surface area contributed by atoms with E-state index in [2.05, 4.69) is 0 Å². The summed E-state index contributed by atoms with van der Waals surface area (Å²) in [6.45, 7) is 7.21. The Morgan fingerprint density at radius 3 is 2.32 bits per heavy atom. The van der Waals surface area contributed by atoms with Crippen molar-refractivity contribution in [3.05, 3.63) is 47.5 Å². The summed E-state index contributed by atoms with van der Waals surface area (Å²) in [5, 5.41) is 11.0. The molecule has 0 radical (unpaired) electrons. The highest BCUT2D eigenvalue weighted by Crippen LogP contribution is 2.50. The topological polar surface area (TPSA) is 88.3 Å². The third-order valence-electron chi connectivity index (χ3n) is 5.80. The first-order chi connectivity index (χ1) is 15.7. The number of aliphatic hydroxyl groups excluding tert-OH is 1. The Hall–Kier alpha value is -2.98. The number of nitrogens with two attached hydrogens (primary N) is 1. The number of carbonyl (C=O) groups is 1. The van der Waals surface area contributed by atoms with E-state index in [1.807, 2.05) is 13.0 Å². The number of aliphatic hydroxyl groups is 1. The van der Waals surface area contributed by atoms with Crippen molar-refractivity contribution < 1.29 is 32.5 Å². The average molecular weight is 479 g/mol. The third kappa shape index (κ3) is 4.65. The molecule has 0 saturated carbocycles. The van der Waals surface area contributed by atoms with Crippen LogP contribution in [0.1, 0.15) is 31.9 Å². The van der Waals surface area contributed by atoms with Crippen molar-refractivity contribution in [1.29, 1.82) is 0 Å². The maximum absolute atomic E-state index is 13.4. The SMILES string of the molecule is Cc1ccc2c(c1)Oc1cc(C(F)(F)F)ccc1N2[C@H]1CN(C(=O)OC(C)(C)C)C[C@@H](N)[C@@H]1O. The van der Waals surface area contributed by atoms with Crippen LogP contribution in [0.3, 0.4) is 0 Å². The first-order valence-corrected chi connectivity index (χ1v) is 10.9. The number of alkyl halides is 3. The van der Waals surface area contributed by atoms with Gasteiger partial charge in [-0.15, -0.1) is 0 Å². The average Bonchev–Trinajstić information content (AvgIpc) is 2.71. The molecule has 2 aliphatic rings. The number of likely N-dealkylation sites (tertiary alicyclic amines) is 1. The first kappa shape index (κ1) is 24.2. The van der Waals surface area contributed by atoms with Gasteiger partial charge in [-0.05, 0) is 63.6 Å². The van der Waals surface area contributed by atoms with Crippen molar-refractivity contribution in [3.63, 3.8) is 0 Å². The van der Waals surface area contributed by atoms with Crippen LogP contribution < -0.4 is 15.4 Å². The van der Waals surface area contributed by atoms with E-state index >= 15 is 0 Å². The highest BCUT2D eigenvalue weighted by molar-refractivity contribution is 5.80. The Kier molecular flexibility index (Phi) is 5.93. The molecule has 1 amide bonds. The lowest BCUT2D eigenvalue weighted by molar-refractivity contribution is -0.137. The van der Waals surface area contributed by atoms with Crippen LogP contribution in [0.2, 0.25) is 0 Å².